The van der Waals surface area contributed by atoms with Crippen molar-refractivity contribution in [3.05, 3.63) is 22.8 Å². The van der Waals surface area contributed by atoms with E-state index in [2.05, 4.69) is 0 Å². The van der Waals surface area contributed by atoms with E-state index < -0.39 is 20.1 Å². The van der Waals surface area contributed by atoms with Gasteiger partial charge in [0.05, 0.1) is 4.90 Å². The van der Waals surface area contributed by atoms with Crippen LogP contribution in [0.4, 0.5) is 0 Å². The summed E-state index contributed by atoms with van der Waals surface area (Å²) in [5, 5.41) is 0. The Morgan fingerprint density at radius 2 is 1.75 bits per heavy atom. The molecule has 0 radical (unpaired) electrons. The van der Waals surface area contributed by atoms with Gasteiger partial charge in [-0.1, -0.05) is 6.07 Å². The summed E-state index contributed by atoms with van der Waals surface area (Å²) in [5.74, 6) is 0. The van der Waals surface area contributed by atoms with Crippen LogP contribution < -0.4 is 0 Å². The highest BCUT2D eigenvalue weighted by molar-refractivity contribution is 8.13. The Balaban J connectivity index is 3.79. The van der Waals surface area contributed by atoms with Gasteiger partial charge in [0.15, 0.2) is 0 Å². The number of hydrogen-bond acceptors (Lipinski definition) is 4. The third-order valence-electron chi connectivity index (χ3n) is 2.24. The first-order valence-electron chi connectivity index (χ1n) is 4.31. The van der Waals surface area contributed by atoms with Gasteiger partial charge < -0.3 is 4.55 Å². The lowest BCUT2D eigenvalue weighted by atomic mass is 10.1. The van der Waals surface area contributed by atoms with Crippen LogP contribution in [0.5, 0.6) is 0 Å². The van der Waals surface area contributed by atoms with Crippen molar-refractivity contribution < 1.29 is 17.2 Å². The van der Waals surface area contributed by atoms with Crippen molar-refractivity contribution in [2.75, 3.05) is 0 Å². The van der Waals surface area contributed by atoms with Crippen LogP contribution in [0, 0.1) is 20.8 Å². The lowest BCUT2D eigenvalue weighted by Crippen LogP contribution is -2.05. The zero-order chi connectivity index (χ0) is 12.7. The molecule has 0 aliphatic rings. The summed E-state index contributed by atoms with van der Waals surface area (Å²) < 4.78 is 44.6. The minimum absolute atomic E-state index is 0.00942. The number of halogens is 1. The smallest absolute Gasteiger partial charge is 0.261 e. The average Bonchev–Trinajstić information content (AvgIpc) is 1.97. The molecule has 16 heavy (non-hydrogen) atoms. The number of aryl methyl sites for hydroxylation is 2. The van der Waals surface area contributed by atoms with E-state index in [1.54, 1.807) is 13.8 Å². The van der Waals surface area contributed by atoms with Crippen molar-refractivity contribution in [3.8, 4) is 0 Å². The molecule has 0 N–H and O–H groups in total. The molecule has 0 aliphatic heterocycles. The first kappa shape index (κ1) is 13.6. The fourth-order valence-electron chi connectivity index (χ4n) is 1.78. The first-order chi connectivity index (χ1) is 7.16. The van der Waals surface area contributed by atoms with Crippen LogP contribution >= 0.6 is 10.7 Å². The molecule has 1 unspecified atom stereocenters. The highest BCUT2D eigenvalue weighted by atomic mass is 35.7. The summed E-state index contributed by atoms with van der Waals surface area (Å²) in [7, 11) is 1.33. The van der Waals surface area contributed by atoms with E-state index in [1.165, 1.54) is 13.0 Å². The molecule has 1 rings (SSSR count). The number of hydrogen-bond donors (Lipinski definition) is 0. The molecule has 1 aromatic rings. The molecular formula is C9H10ClO4S2-. The van der Waals surface area contributed by atoms with Crippen molar-refractivity contribution in [1.29, 1.82) is 0 Å². The van der Waals surface area contributed by atoms with Gasteiger partial charge in [-0.3, -0.25) is 4.21 Å². The fourth-order valence-corrected chi connectivity index (χ4v) is 4.14. The van der Waals surface area contributed by atoms with Crippen LogP contribution in [-0.2, 0) is 20.1 Å². The second-order valence-electron chi connectivity index (χ2n) is 3.47. The molecule has 0 fully saturated rings. The van der Waals surface area contributed by atoms with Crippen LogP contribution in [0.15, 0.2) is 15.9 Å². The SMILES string of the molecule is Cc1cc(C)c(S(=O)(=O)Cl)c(C)c1S(=O)[O-]. The van der Waals surface area contributed by atoms with E-state index in [4.69, 9.17) is 10.7 Å². The second-order valence-corrected chi connectivity index (χ2v) is 6.85. The normalized spacial score (nSPS) is 13.8. The predicted octanol–water partition coefficient (Wildman–Crippen LogP) is 1.78. The molecule has 0 spiro atoms. The number of rotatable bonds is 2. The summed E-state index contributed by atoms with van der Waals surface area (Å²) >= 11 is -2.48. The molecule has 0 bridgehead atoms. The Morgan fingerprint density at radius 1 is 1.25 bits per heavy atom. The fraction of sp³-hybridized carbons (Fsp3) is 0.333. The third kappa shape index (κ3) is 2.45. The van der Waals surface area contributed by atoms with E-state index in [0.717, 1.165) is 0 Å². The summed E-state index contributed by atoms with van der Waals surface area (Å²) in [5.41, 5.74) is 1.12. The van der Waals surface area contributed by atoms with Gasteiger partial charge in [-0.05, 0) is 48.5 Å². The molecule has 0 aromatic heterocycles. The zero-order valence-corrected chi connectivity index (χ0v) is 11.3. The maximum Gasteiger partial charge on any atom is 0.261 e. The van der Waals surface area contributed by atoms with Crippen molar-refractivity contribution in [2.24, 2.45) is 0 Å². The quantitative estimate of drug-likeness (QED) is 0.612. The minimum Gasteiger partial charge on any atom is -0.768 e. The van der Waals surface area contributed by atoms with Gasteiger partial charge in [0.25, 0.3) is 9.05 Å². The molecule has 0 saturated heterocycles. The highest BCUT2D eigenvalue weighted by Gasteiger charge is 2.20. The standard InChI is InChI=1S/C9H11ClO4S2/c1-5-4-6(2)9(16(10,13)14)7(3)8(5)15(11)12/h4H,1-3H3,(H,11,12)/p-1. The van der Waals surface area contributed by atoms with E-state index in [1.807, 2.05) is 0 Å². The molecule has 90 valence electrons. The molecule has 4 nitrogen and oxygen atoms in total. The van der Waals surface area contributed by atoms with Gasteiger partial charge in [-0.25, -0.2) is 8.42 Å². The van der Waals surface area contributed by atoms with Gasteiger partial charge in [-0.15, -0.1) is 0 Å². The van der Waals surface area contributed by atoms with Crippen LogP contribution in [0.3, 0.4) is 0 Å². The highest BCUT2D eigenvalue weighted by Crippen LogP contribution is 2.30. The molecular weight excluding hydrogens is 272 g/mol. The maximum absolute atomic E-state index is 11.3. The molecule has 1 atom stereocenters. The summed E-state index contributed by atoms with van der Waals surface area (Å²) in [6.45, 7) is 4.61. The lowest BCUT2D eigenvalue weighted by Gasteiger charge is -2.16. The van der Waals surface area contributed by atoms with Crippen molar-refractivity contribution in [3.63, 3.8) is 0 Å². The molecule has 7 heteroatoms. The van der Waals surface area contributed by atoms with Gasteiger partial charge in [0, 0.05) is 15.6 Å². The van der Waals surface area contributed by atoms with E-state index in [-0.39, 0.29) is 15.4 Å². The Kier molecular flexibility index (Phi) is 3.79. The van der Waals surface area contributed by atoms with E-state index in [0.29, 0.717) is 11.1 Å². The molecule has 0 amide bonds. The third-order valence-corrected chi connectivity index (χ3v) is 4.78. The van der Waals surface area contributed by atoms with Crippen molar-refractivity contribution in [2.45, 2.75) is 30.6 Å². The van der Waals surface area contributed by atoms with Crippen LogP contribution in [0.1, 0.15) is 16.7 Å². The zero-order valence-electron chi connectivity index (χ0n) is 8.90. The molecule has 0 saturated carbocycles. The average molecular weight is 282 g/mol. The molecule has 0 heterocycles. The van der Waals surface area contributed by atoms with Crippen LogP contribution in [0.2, 0.25) is 0 Å². The minimum atomic E-state index is -3.94. The van der Waals surface area contributed by atoms with E-state index >= 15 is 0 Å². The van der Waals surface area contributed by atoms with E-state index in [9.17, 15) is 17.2 Å². The molecule has 0 aliphatic carbocycles. The summed E-state index contributed by atoms with van der Waals surface area (Å²) in [6, 6.07) is 1.49. The topological polar surface area (TPSA) is 74.3 Å². The van der Waals surface area contributed by atoms with Gasteiger partial charge in [-0.2, -0.15) is 0 Å². The van der Waals surface area contributed by atoms with Gasteiger partial charge in [0.2, 0.25) is 0 Å². The van der Waals surface area contributed by atoms with Gasteiger partial charge in [0.1, 0.15) is 0 Å². The van der Waals surface area contributed by atoms with Crippen LogP contribution in [-0.4, -0.2) is 17.2 Å². The molecule has 1 aromatic carbocycles. The number of benzene rings is 1. The van der Waals surface area contributed by atoms with Crippen molar-refractivity contribution in [1.82, 2.24) is 0 Å². The maximum atomic E-state index is 11.3. The van der Waals surface area contributed by atoms with Crippen molar-refractivity contribution >= 4 is 30.8 Å². The Morgan fingerprint density at radius 3 is 2.12 bits per heavy atom. The summed E-state index contributed by atoms with van der Waals surface area (Å²) in [6.07, 6.45) is 0. The second kappa shape index (κ2) is 4.44. The first-order valence-corrected chi connectivity index (χ1v) is 7.69. The lowest BCUT2D eigenvalue weighted by molar-refractivity contribution is 0.535. The van der Waals surface area contributed by atoms with Gasteiger partial charge >= 0.3 is 0 Å². The Bertz CT molecular complexity index is 563. The van der Waals surface area contributed by atoms with Crippen LogP contribution in [0.25, 0.3) is 0 Å². The summed E-state index contributed by atoms with van der Waals surface area (Å²) in [4.78, 5) is -0.135. The monoisotopic (exact) mass is 281 g/mol. The predicted molar refractivity (Wildman–Crippen MR) is 60.9 cm³/mol. The Hall–Kier alpha value is -0.430. The largest absolute Gasteiger partial charge is 0.768 e. The Labute approximate surface area is 101 Å².